The minimum Gasteiger partial charge on any atom is -0.380 e. The lowest BCUT2D eigenvalue weighted by atomic mass is 10.0. The maximum Gasteiger partial charge on any atom is 0.418 e. The highest BCUT2D eigenvalue weighted by Crippen LogP contribution is 2.31. The van der Waals surface area contributed by atoms with Gasteiger partial charge in [0.05, 0.1) is 0 Å². The van der Waals surface area contributed by atoms with E-state index in [0.717, 1.165) is 6.92 Å². The average molecular weight is 227 g/mol. The summed E-state index contributed by atoms with van der Waals surface area (Å²) in [6.07, 6.45) is -4.59. The highest BCUT2D eigenvalue weighted by atomic mass is 19.4. The molecule has 0 rings (SSSR count). The second kappa shape index (κ2) is 4.70. The first-order valence-electron chi connectivity index (χ1n) is 5.04. The van der Waals surface area contributed by atoms with Gasteiger partial charge in [0.15, 0.2) is 5.60 Å². The second-order valence-corrected chi connectivity index (χ2v) is 4.63. The van der Waals surface area contributed by atoms with Crippen LogP contribution in [0.5, 0.6) is 0 Å². The van der Waals surface area contributed by atoms with Crippen LogP contribution in [0.1, 0.15) is 34.6 Å². The number of hydrogen-bond donors (Lipinski definition) is 1. The Morgan fingerprint density at radius 3 is 1.60 bits per heavy atom. The smallest absolute Gasteiger partial charge is 0.380 e. The summed E-state index contributed by atoms with van der Waals surface area (Å²) in [4.78, 5) is 1.62. The lowest BCUT2D eigenvalue weighted by molar-refractivity contribution is -0.259. The molecule has 0 aromatic carbocycles. The third kappa shape index (κ3) is 3.99. The van der Waals surface area contributed by atoms with Gasteiger partial charge in [-0.3, -0.25) is 4.90 Å². The Balaban J connectivity index is 4.68. The molecule has 1 unspecified atom stereocenters. The lowest BCUT2D eigenvalue weighted by Gasteiger charge is -2.37. The molecule has 0 saturated heterocycles. The fourth-order valence-electron chi connectivity index (χ4n) is 1.41. The van der Waals surface area contributed by atoms with Crippen LogP contribution in [0.25, 0.3) is 0 Å². The van der Waals surface area contributed by atoms with Gasteiger partial charge in [0.2, 0.25) is 0 Å². The lowest BCUT2D eigenvalue weighted by Crippen LogP contribution is -2.54. The van der Waals surface area contributed by atoms with Crippen molar-refractivity contribution in [1.29, 1.82) is 0 Å². The van der Waals surface area contributed by atoms with Crippen LogP contribution in [0.3, 0.4) is 0 Å². The van der Waals surface area contributed by atoms with Crippen molar-refractivity contribution < 1.29 is 18.3 Å². The minimum absolute atomic E-state index is 0.0289. The molecule has 1 N–H and O–H groups in total. The van der Waals surface area contributed by atoms with E-state index in [1.807, 2.05) is 27.7 Å². The molecule has 0 saturated carbocycles. The van der Waals surface area contributed by atoms with Crippen molar-refractivity contribution in [1.82, 2.24) is 4.90 Å². The van der Waals surface area contributed by atoms with Crippen LogP contribution in [-0.4, -0.2) is 40.4 Å². The molecule has 15 heavy (non-hydrogen) atoms. The van der Waals surface area contributed by atoms with Crippen molar-refractivity contribution in [3.05, 3.63) is 0 Å². The second-order valence-electron chi connectivity index (χ2n) is 4.63. The third-order valence-electron chi connectivity index (χ3n) is 2.43. The van der Waals surface area contributed by atoms with Gasteiger partial charge < -0.3 is 5.11 Å². The van der Waals surface area contributed by atoms with Crippen molar-refractivity contribution in [2.75, 3.05) is 6.54 Å². The number of nitrogens with zero attached hydrogens (tertiary/aromatic N) is 1. The molecule has 0 aromatic heterocycles. The number of aliphatic hydroxyl groups is 1. The highest BCUT2D eigenvalue weighted by Gasteiger charge is 2.51. The molecule has 0 aliphatic carbocycles. The van der Waals surface area contributed by atoms with E-state index >= 15 is 0 Å². The first kappa shape index (κ1) is 14.7. The van der Waals surface area contributed by atoms with E-state index in [-0.39, 0.29) is 12.1 Å². The van der Waals surface area contributed by atoms with Crippen LogP contribution < -0.4 is 0 Å². The quantitative estimate of drug-likeness (QED) is 0.797. The summed E-state index contributed by atoms with van der Waals surface area (Å²) < 4.78 is 37.3. The van der Waals surface area contributed by atoms with Crippen LogP contribution >= 0.6 is 0 Å². The largest absolute Gasteiger partial charge is 0.418 e. The van der Waals surface area contributed by atoms with E-state index < -0.39 is 18.3 Å². The fraction of sp³-hybridized carbons (Fsp3) is 1.00. The first-order chi connectivity index (χ1) is 6.49. The first-order valence-corrected chi connectivity index (χ1v) is 5.04. The zero-order chi connectivity index (χ0) is 12.4. The number of alkyl halides is 3. The summed E-state index contributed by atoms with van der Waals surface area (Å²) in [5, 5.41) is 9.35. The molecule has 92 valence electrons. The standard InChI is InChI=1S/C10H20F3NO/c1-7(2)14(8(3)4)6-9(5,15)10(11,12)13/h7-8,15H,6H2,1-5H3. The van der Waals surface area contributed by atoms with E-state index in [4.69, 9.17) is 0 Å². The Morgan fingerprint density at radius 2 is 1.40 bits per heavy atom. The normalized spacial score (nSPS) is 17.6. The molecule has 2 nitrogen and oxygen atoms in total. The Bertz CT molecular complexity index is 191. The molecule has 0 aliphatic heterocycles. The zero-order valence-corrected chi connectivity index (χ0v) is 9.89. The van der Waals surface area contributed by atoms with Gasteiger partial charge in [-0.25, -0.2) is 0 Å². The van der Waals surface area contributed by atoms with Crippen molar-refractivity contribution in [3.63, 3.8) is 0 Å². The van der Waals surface area contributed by atoms with Gasteiger partial charge in [-0.1, -0.05) is 0 Å². The van der Waals surface area contributed by atoms with Crippen LogP contribution in [-0.2, 0) is 0 Å². The summed E-state index contributed by atoms with van der Waals surface area (Å²) in [7, 11) is 0. The van der Waals surface area contributed by atoms with E-state index in [0.29, 0.717) is 0 Å². The fourth-order valence-corrected chi connectivity index (χ4v) is 1.41. The van der Waals surface area contributed by atoms with Gasteiger partial charge in [0, 0.05) is 18.6 Å². The molecule has 1 atom stereocenters. The predicted molar refractivity (Wildman–Crippen MR) is 53.7 cm³/mol. The molecule has 0 amide bonds. The maximum absolute atomic E-state index is 12.4. The summed E-state index contributed by atoms with van der Waals surface area (Å²) in [6, 6.07) is -0.0577. The number of hydrogen-bond acceptors (Lipinski definition) is 2. The number of halogens is 3. The molecule has 5 heteroatoms. The average Bonchev–Trinajstić information content (AvgIpc) is 1.96. The van der Waals surface area contributed by atoms with Gasteiger partial charge in [0.1, 0.15) is 0 Å². The Hall–Kier alpha value is -0.290. The maximum atomic E-state index is 12.4. The molecule has 0 heterocycles. The highest BCUT2D eigenvalue weighted by molar-refractivity contribution is 4.87. The van der Waals surface area contributed by atoms with Crippen molar-refractivity contribution in [3.8, 4) is 0 Å². The molecule has 0 fully saturated rings. The Morgan fingerprint density at radius 1 is 1.07 bits per heavy atom. The monoisotopic (exact) mass is 227 g/mol. The van der Waals surface area contributed by atoms with Crippen LogP contribution in [0.4, 0.5) is 13.2 Å². The van der Waals surface area contributed by atoms with Gasteiger partial charge in [0.25, 0.3) is 0 Å². The molecule has 0 radical (unpaired) electrons. The van der Waals surface area contributed by atoms with Gasteiger partial charge >= 0.3 is 6.18 Å². The minimum atomic E-state index is -4.59. The van der Waals surface area contributed by atoms with Crippen LogP contribution in [0.15, 0.2) is 0 Å². The van der Waals surface area contributed by atoms with Gasteiger partial charge in [-0.15, -0.1) is 0 Å². The molecule has 0 bridgehead atoms. The van der Waals surface area contributed by atoms with E-state index in [9.17, 15) is 18.3 Å². The molecule has 0 aromatic rings. The number of rotatable bonds is 4. The molecular weight excluding hydrogens is 207 g/mol. The van der Waals surface area contributed by atoms with Crippen molar-refractivity contribution in [2.45, 2.75) is 58.5 Å². The van der Waals surface area contributed by atoms with E-state index in [1.165, 1.54) is 0 Å². The summed E-state index contributed by atoms with van der Waals surface area (Å²) in [6.45, 7) is 7.66. The molecule has 0 aliphatic rings. The Labute approximate surface area is 89.1 Å². The zero-order valence-electron chi connectivity index (χ0n) is 9.89. The van der Waals surface area contributed by atoms with Gasteiger partial charge in [-0.2, -0.15) is 13.2 Å². The molecule has 0 spiro atoms. The van der Waals surface area contributed by atoms with Crippen LogP contribution in [0, 0.1) is 0 Å². The van der Waals surface area contributed by atoms with E-state index in [2.05, 4.69) is 0 Å². The summed E-state index contributed by atoms with van der Waals surface area (Å²) in [5.41, 5.74) is -2.65. The topological polar surface area (TPSA) is 23.5 Å². The van der Waals surface area contributed by atoms with Crippen LogP contribution in [0.2, 0.25) is 0 Å². The summed E-state index contributed by atoms with van der Waals surface area (Å²) >= 11 is 0. The van der Waals surface area contributed by atoms with Crippen molar-refractivity contribution >= 4 is 0 Å². The van der Waals surface area contributed by atoms with Gasteiger partial charge in [-0.05, 0) is 34.6 Å². The SMILES string of the molecule is CC(C)N(CC(C)(O)C(F)(F)F)C(C)C. The van der Waals surface area contributed by atoms with Crippen molar-refractivity contribution in [2.24, 2.45) is 0 Å². The molecular formula is C10H20F3NO. The summed E-state index contributed by atoms with van der Waals surface area (Å²) in [5.74, 6) is 0. The third-order valence-corrected chi connectivity index (χ3v) is 2.43. The predicted octanol–water partition coefficient (Wildman–Crippen LogP) is 2.42. The van der Waals surface area contributed by atoms with E-state index in [1.54, 1.807) is 4.90 Å². The Kier molecular flexibility index (Phi) is 4.61.